The molecule has 0 saturated heterocycles. The smallest absolute Gasteiger partial charge is 0.0652 e. The number of nitrogens with one attached hydrogen (secondary N) is 1. The maximum Gasteiger partial charge on any atom is 0.0652 e. The van der Waals surface area contributed by atoms with Gasteiger partial charge in [-0.05, 0) is 50.8 Å². The van der Waals surface area contributed by atoms with Crippen LogP contribution < -0.4 is 5.32 Å². The second-order valence-electron chi connectivity index (χ2n) is 5.24. The normalized spacial score (nSPS) is 16.6. The van der Waals surface area contributed by atoms with E-state index in [0.29, 0.717) is 6.04 Å². The summed E-state index contributed by atoms with van der Waals surface area (Å²) < 4.78 is 0. The minimum Gasteiger partial charge on any atom is -0.394 e. The van der Waals surface area contributed by atoms with Crippen molar-refractivity contribution in [1.82, 2.24) is 5.32 Å². The Morgan fingerprint density at radius 1 is 1.29 bits per heavy atom. The monoisotopic (exact) mass is 235 g/mol. The first-order chi connectivity index (χ1) is 7.92. The van der Waals surface area contributed by atoms with Gasteiger partial charge >= 0.3 is 0 Å². The summed E-state index contributed by atoms with van der Waals surface area (Å²) in [6, 6.07) is 6.79. The zero-order valence-electron chi connectivity index (χ0n) is 11.7. The van der Waals surface area contributed by atoms with Crippen molar-refractivity contribution in [3.8, 4) is 0 Å². The fourth-order valence-corrected chi connectivity index (χ4v) is 1.95. The van der Waals surface area contributed by atoms with Crippen LogP contribution in [0.15, 0.2) is 18.2 Å². The maximum atomic E-state index is 9.68. The van der Waals surface area contributed by atoms with Crippen molar-refractivity contribution in [3.63, 3.8) is 0 Å². The lowest BCUT2D eigenvalue weighted by atomic mass is 9.89. The Morgan fingerprint density at radius 2 is 1.94 bits per heavy atom. The molecule has 0 aliphatic rings. The topological polar surface area (TPSA) is 32.3 Å². The van der Waals surface area contributed by atoms with Gasteiger partial charge < -0.3 is 10.4 Å². The SMILES string of the molecule is CCC(C)NC(C)(CO)c1ccc(C)c(C)c1. The summed E-state index contributed by atoms with van der Waals surface area (Å²) in [5.41, 5.74) is 3.36. The Bertz CT molecular complexity index is 375. The second kappa shape index (κ2) is 5.65. The number of aliphatic hydroxyl groups is 1. The summed E-state index contributed by atoms with van der Waals surface area (Å²) in [4.78, 5) is 0. The van der Waals surface area contributed by atoms with Gasteiger partial charge in [-0.1, -0.05) is 25.1 Å². The highest BCUT2D eigenvalue weighted by molar-refractivity contribution is 5.34. The third-order valence-electron chi connectivity index (χ3n) is 3.64. The molecular weight excluding hydrogens is 210 g/mol. The van der Waals surface area contributed by atoms with Crippen LogP contribution in [-0.4, -0.2) is 17.8 Å². The minimum absolute atomic E-state index is 0.111. The third kappa shape index (κ3) is 3.30. The Hall–Kier alpha value is -0.860. The molecule has 0 spiro atoms. The van der Waals surface area contributed by atoms with E-state index in [1.165, 1.54) is 11.1 Å². The molecule has 0 bridgehead atoms. The lowest BCUT2D eigenvalue weighted by Crippen LogP contribution is -2.47. The molecule has 96 valence electrons. The average Bonchev–Trinajstić information content (AvgIpc) is 2.32. The molecule has 1 aromatic carbocycles. The van der Waals surface area contributed by atoms with E-state index in [0.717, 1.165) is 12.0 Å². The summed E-state index contributed by atoms with van der Waals surface area (Å²) in [5, 5.41) is 13.2. The van der Waals surface area contributed by atoms with Gasteiger partial charge in [0.1, 0.15) is 0 Å². The first-order valence-corrected chi connectivity index (χ1v) is 6.39. The first-order valence-electron chi connectivity index (χ1n) is 6.39. The van der Waals surface area contributed by atoms with Crippen LogP contribution in [0.2, 0.25) is 0 Å². The van der Waals surface area contributed by atoms with Gasteiger partial charge in [0.2, 0.25) is 0 Å². The lowest BCUT2D eigenvalue weighted by Gasteiger charge is -2.33. The van der Waals surface area contributed by atoms with E-state index in [2.05, 4.69) is 58.1 Å². The summed E-state index contributed by atoms with van der Waals surface area (Å²) in [5.74, 6) is 0. The van der Waals surface area contributed by atoms with Crippen molar-refractivity contribution >= 4 is 0 Å². The largest absolute Gasteiger partial charge is 0.394 e. The van der Waals surface area contributed by atoms with Crippen molar-refractivity contribution in [1.29, 1.82) is 0 Å². The third-order valence-corrected chi connectivity index (χ3v) is 3.64. The molecule has 0 saturated carbocycles. The van der Waals surface area contributed by atoms with Crippen LogP contribution in [0.4, 0.5) is 0 Å². The van der Waals surface area contributed by atoms with Gasteiger partial charge in [0.05, 0.1) is 12.1 Å². The molecule has 0 radical (unpaired) electrons. The van der Waals surface area contributed by atoms with Crippen LogP contribution >= 0.6 is 0 Å². The summed E-state index contributed by atoms with van der Waals surface area (Å²) in [7, 11) is 0. The number of hydrogen-bond acceptors (Lipinski definition) is 2. The van der Waals surface area contributed by atoms with Crippen LogP contribution in [0.25, 0.3) is 0 Å². The van der Waals surface area contributed by atoms with Gasteiger partial charge in [-0.2, -0.15) is 0 Å². The van der Waals surface area contributed by atoms with E-state index in [4.69, 9.17) is 0 Å². The van der Waals surface area contributed by atoms with E-state index in [9.17, 15) is 5.11 Å². The van der Waals surface area contributed by atoms with Crippen molar-refractivity contribution < 1.29 is 5.11 Å². The lowest BCUT2D eigenvalue weighted by molar-refractivity contribution is 0.162. The zero-order chi connectivity index (χ0) is 13.1. The molecule has 0 aliphatic carbocycles. The van der Waals surface area contributed by atoms with Crippen molar-refractivity contribution in [2.45, 2.75) is 52.6 Å². The molecule has 0 aromatic heterocycles. The fourth-order valence-electron chi connectivity index (χ4n) is 1.95. The van der Waals surface area contributed by atoms with E-state index in [1.54, 1.807) is 0 Å². The van der Waals surface area contributed by atoms with Gasteiger partial charge in [0.15, 0.2) is 0 Å². The van der Waals surface area contributed by atoms with Gasteiger partial charge in [-0.15, -0.1) is 0 Å². The molecule has 0 fully saturated rings. The van der Waals surface area contributed by atoms with E-state index in [1.807, 2.05) is 0 Å². The molecule has 0 aliphatic heterocycles. The number of hydrogen-bond donors (Lipinski definition) is 2. The summed E-state index contributed by atoms with van der Waals surface area (Å²) in [6.45, 7) is 10.7. The molecule has 0 amide bonds. The number of aryl methyl sites for hydroxylation is 2. The Morgan fingerprint density at radius 3 is 2.41 bits per heavy atom. The molecule has 2 nitrogen and oxygen atoms in total. The van der Waals surface area contributed by atoms with Gasteiger partial charge in [0, 0.05) is 6.04 Å². The standard InChI is InChI=1S/C15H25NO/c1-6-13(4)16-15(5,10-17)14-8-7-11(2)12(3)9-14/h7-9,13,16-17H,6,10H2,1-5H3. The Balaban J connectivity index is 3.02. The number of benzene rings is 1. The highest BCUT2D eigenvalue weighted by Crippen LogP contribution is 2.23. The molecule has 2 heteroatoms. The Labute approximate surface area is 105 Å². The van der Waals surface area contributed by atoms with Crippen molar-refractivity contribution in [2.24, 2.45) is 0 Å². The predicted molar refractivity (Wildman–Crippen MR) is 73.2 cm³/mol. The average molecular weight is 235 g/mol. The zero-order valence-corrected chi connectivity index (χ0v) is 11.7. The molecule has 1 rings (SSSR count). The summed E-state index contributed by atoms with van der Waals surface area (Å²) in [6.07, 6.45) is 1.06. The van der Waals surface area contributed by atoms with Gasteiger partial charge in [-0.25, -0.2) is 0 Å². The highest BCUT2D eigenvalue weighted by Gasteiger charge is 2.26. The molecule has 0 heterocycles. The van der Waals surface area contributed by atoms with Crippen LogP contribution in [0, 0.1) is 13.8 Å². The second-order valence-corrected chi connectivity index (χ2v) is 5.24. The fraction of sp³-hybridized carbons (Fsp3) is 0.600. The molecule has 17 heavy (non-hydrogen) atoms. The predicted octanol–water partition coefficient (Wildman–Crippen LogP) is 2.90. The highest BCUT2D eigenvalue weighted by atomic mass is 16.3. The Kier molecular flexibility index (Phi) is 4.72. The molecule has 2 N–H and O–H groups in total. The van der Waals surface area contributed by atoms with Gasteiger partial charge in [-0.3, -0.25) is 0 Å². The number of aliphatic hydroxyl groups excluding tert-OH is 1. The minimum atomic E-state index is -0.353. The van der Waals surface area contributed by atoms with E-state index >= 15 is 0 Å². The van der Waals surface area contributed by atoms with Crippen LogP contribution in [-0.2, 0) is 5.54 Å². The van der Waals surface area contributed by atoms with Gasteiger partial charge in [0.25, 0.3) is 0 Å². The van der Waals surface area contributed by atoms with E-state index in [-0.39, 0.29) is 12.1 Å². The maximum absolute atomic E-state index is 9.68. The van der Waals surface area contributed by atoms with Crippen LogP contribution in [0.5, 0.6) is 0 Å². The molecule has 1 aromatic rings. The van der Waals surface area contributed by atoms with Crippen molar-refractivity contribution in [3.05, 3.63) is 34.9 Å². The first kappa shape index (κ1) is 14.2. The number of rotatable bonds is 5. The molecule has 2 atom stereocenters. The van der Waals surface area contributed by atoms with Crippen molar-refractivity contribution in [2.75, 3.05) is 6.61 Å². The van der Waals surface area contributed by atoms with Crippen LogP contribution in [0.1, 0.15) is 43.9 Å². The van der Waals surface area contributed by atoms with E-state index < -0.39 is 0 Å². The summed E-state index contributed by atoms with van der Waals surface area (Å²) >= 11 is 0. The quantitative estimate of drug-likeness (QED) is 0.822. The molecular formula is C15H25NO. The molecule has 2 unspecified atom stereocenters. The van der Waals surface area contributed by atoms with Crippen LogP contribution in [0.3, 0.4) is 0 Å².